The molecule has 118 valence electrons. The third-order valence-corrected chi connectivity index (χ3v) is 4.63. The molecular weight excluding hydrogens is 294 g/mol. The Kier molecular flexibility index (Phi) is 3.46. The molecule has 0 spiro atoms. The van der Waals surface area contributed by atoms with Crippen LogP contribution >= 0.6 is 0 Å². The second-order valence-electron chi connectivity index (χ2n) is 6.39. The Morgan fingerprint density at radius 2 is 1.62 bits per heavy atom. The lowest BCUT2D eigenvalue weighted by Crippen LogP contribution is -2.33. The number of rotatable bonds is 1. The van der Waals surface area contributed by atoms with E-state index in [2.05, 4.69) is 44.2 Å². The zero-order valence-corrected chi connectivity index (χ0v) is 13.9. The molecule has 3 aromatic carbocycles. The molecule has 1 aliphatic heterocycles. The van der Waals surface area contributed by atoms with Crippen LogP contribution in [0.1, 0.15) is 27.0 Å². The summed E-state index contributed by atoms with van der Waals surface area (Å²) >= 11 is 0. The molecule has 2 nitrogen and oxygen atoms in total. The van der Waals surface area contributed by atoms with Gasteiger partial charge in [-0.1, -0.05) is 48.5 Å². The van der Waals surface area contributed by atoms with Gasteiger partial charge in [-0.3, -0.25) is 4.79 Å². The van der Waals surface area contributed by atoms with E-state index in [0.29, 0.717) is 6.54 Å². The van der Waals surface area contributed by atoms with Crippen molar-refractivity contribution < 1.29 is 4.79 Å². The summed E-state index contributed by atoms with van der Waals surface area (Å²) in [5, 5.41) is 0. The van der Waals surface area contributed by atoms with E-state index in [4.69, 9.17) is 0 Å². The Hall–Kier alpha value is -2.87. The third-order valence-electron chi connectivity index (χ3n) is 4.63. The van der Waals surface area contributed by atoms with Crippen LogP contribution in [0, 0.1) is 13.8 Å². The molecule has 2 heteroatoms. The van der Waals surface area contributed by atoms with Gasteiger partial charge in [-0.05, 0) is 54.3 Å². The van der Waals surface area contributed by atoms with Crippen molar-refractivity contribution in [1.82, 2.24) is 0 Å². The first-order valence-corrected chi connectivity index (χ1v) is 8.21. The van der Waals surface area contributed by atoms with Crippen molar-refractivity contribution in [1.29, 1.82) is 0 Å². The van der Waals surface area contributed by atoms with E-state index in [-0.39, 0.29) is 5.91 Å². The molecule has 0 aliphatic carbocycles. The molecule has 0 N–H and O–H groups in total. The molecule has 3 aromatic rings. The van der Waals surface area contributed by atoms with Crippen LogP contribution in [0.3, 0.4) is 0 Å². The molecule has 1 aliphatic rings. The summed E-state index contributed by atoms with van der Waals surface area (Å²) < 4.78 is 0. The van der Waals surface area contributed by atoms with E-state index >= 15 is 0 Å². The van der Waals surface area contributed by atoms with Crippen LogP contribution in [0.5, 0.6) is 0 Å². The summed E-state index contributed by atoms with van der Waals surface area (Å²) in [4.78, 5) is 15.0. The first kappa shape index (κ1) is 14.7. The summed E-state index contributed by atoms with van der Waals surface area (Å²) in [5.74, 6) is 0.0522. The Balaban J connectivity index is 1.92. The van der Waals surface area contributed by atoms with Gasteiger partial charge in [0, 0.05) is 11.1 Å². The minimum absolute atomic E-state index is 0.0522. The number of carbonyl (C=O) groups excluding carboxylic acids is 1. The van der Waals surface area contributed by atoms with Crippen molar-refractivity contribution >= 4 is 11.6 Å². The van der Waals surface area contributed by atoms with Crippen LogP contribution in [0.15, 0.2) is 66.7 Å². The van der Waals surface area contributed by atoms with Crippen LogP contribution < -0.4 is 4.90 Å². The molecule has 24 heavy (non-hydrogen) atoms. The largest absolute Gasteiger partial charge is 0.303 e. The lowest BCUT2D eigenvalue weighted by Gasteiger charge is -2.32. The molecule has 0 radical (unpaired) electrons. The molecule has 1 amide bonds. The fourth-order valence-corrected chi connectivity index (χ4v) is 3.58. The van der Waals surface area contributed by atoms with Gasteiger partial charge in [0.15, 0.2) is 0 Å². The zero-order valence-electron chi connectivity index (χ0n) is 13.9. The van der Waals surface area contributed by atoms with Gasteiger partial charge < -0.3 is 4.90 Å². The molecule has 1 heterocycles. The second kappa shape index (κ2) is 5.64. The van der Waals surface area contributed by atoms with Gasteiger partial charge in [0.2, 0.25) is 0 Å². The van der Waals surface area contributed by atoms with Crippen LogP contribution in [0.2, 0.25) is 0 Å². The maximum Gasteiger partial charge on any atom is 0.258 e. The maximum atomic E-state index is 13.1. The highest BCUT2D eigenvalue weighted by Gasteiger charge is 2.28. The predicted molar refractivity (Wildman–Crippen MR) is 98.3 cm³/mol. The standard InChI is InChI=1S/C22H19NO/c1-15-12-16(2)21-19-11-7-6-10-18(19)14-23(20(21)13-15)22(24)17-8-4-3-5-9-17/h3-13H,14H2,1-2H3. The minimum Gasteiger partial charge on any atom is -0.303 e. The zero-order chi connectivity index (χ0) is 16.7. The Bertz CT molecular complexity index is 928. The van der Waals surface area contributed by atoms with Gasteiger partial charge in [-0.2, -0.15) is 0 Å². The summed E-state index contributed by atoms with van der Waals surface area (Å²) in [6.45, 7) is 4.82. The number of aryl methyl sites for hydroxylation is 2. The normalized spacial score (nSPS) is 12.5. The topological polar surface area (TPSA) is 20.3 Å². The van der Waals surface area contributed by atoms with Gasteiger partial charge >= 0.3 is 0 Å². The van der Waals surface area contributed by atoms with Crippen molar-refractivity contribution in [2.75, 3.05) is 4.90 Å². The van der Waals surface area contributed by atoms with Crippen LogP contribution in [0.4, 0.5) is 5.69 Å². The van der Waals surface area contributed by atoms with Gasteiger partial charge in [-0.15, -0.1) is 0 Å². The average molecular weight is 313 g/mol. The van der Waals surface area contributed by atoms with Gasteiger partial charge in [-0.25, -0.2) is 0 Å². The maximum absolute atomic E-state index is 13.1. The highest BCUT2D eigenvalue weighted by atomic mass is 16.2. The van der Waals surface area contributed by atoms with E-state index in [1.165, 1.54) is 27.8 Å². The van der Waals surface area contributed by atoms with E-state index in [0.717, 1.165) is 11.3 Å². The number of carbonyl (C=O) groups is 1. The van der Waals surface area contributed by atoms with Crippen molar-refractivity contribution in [2.45, 2.75) is 20.4 Å². The number of anilines is 1. The molecule has 4 rings (SSSR count). The third kappa shape index (κ3) is 2.31. The molecule has 0 bridgehead atoms. The number of hydrogen-bond acceptors (Lipinski definition) is 1. The smallest absolute Gasteiger partial charge is 0.258 e. The lowest BCUT2D eigenvalue weighted by atomic mass is 9.89. The number of amides is 1. The van der Waals surface area contributed by atoms with Crippen molar-refractivity contribution in [3.63, 3.8) is 0 Å². The van der Waals surface area contributed by atoms with Crippen LogP contribution in [0.25, 0.3) is 11.1 Å². The molecular formula is C22H19NO. The summed E-state index contributed by atoms with van der Waals surface area (Å²) in [6.07, 6.45) is 0. The molecule has 0 aromatic heterocycles. The molecule has 0 saturated heterocycles. The van der Waals surface area contributed by atoms with E-state index in [1.54, 1.807) is 0 Å². The van der Waals surface area contributed by atoms with Gasteiger partial charge in [0.05, 0.1) is 12.2 Å². The molecule has 0 unspecified atom stereocenters. The predicted octanol–water partition coefficient (Wildman–Crippen LogP) is 5.13. The van der Waals surface area contributed by atoms with E-state index in [9.17, 15) is 4.79 Å². The monoisotopic (exact) mass is 313 g/mol. The van der Waals surface area contributed by atoms with Crippen molar-refractivity contribution in [3.8, 4) is 11.1 Å². The highest BCUT2D eigenvalue weighted by molar-refractivity contribution is 6.09. The first-order valence-electron chi connectivity index (χ1n) is 8.21. The highest BCUT2D eigenvalue weighted by Crippen LogP contribution is 2.42. The molecule has 0 atom stereocenters. The van der Waals surface area contributed by atoms with E-state index in [1.807, 2.05) is 41.3 Å². The van der Waals surface area contributed by atoms with Crippen LogP contribution in [-0.2, 0) is 6.54 Å². The molecule has 0 fully saturated rings. The number of fused-ring (bicyclic) bond motifs is 3. The first-order chi connectivity index (χ1) is 11.6. The van der Waals surface area contributed by atoms with Crippen LogP contribution in [-0.4, -0.2) is 5.91 Å². The second-order valence-corrected chi connectivity index (χ2v) is 6.39. The van der Waals surface area contributed by atoms with Gasteiger partial charge in [0.1, 0.15) is 0 Å². The minimum atomic E-state index is 0.0522. The average Bonchev–Trinajstić information content (AvgIpc) is 2.60. The Morgan fingerprint density at radius 3 is 2.42 bits per heavy atom. The Morgan fingerprint density at radius 1 is 0.917 bits per heavy atom. The Labute approximate surface area is 142 Å². The quantitative estimate of drug-likeness (QED) is 0.610. The van der Waals surface area contributed by atoms with Gasteiger partial charge in [0.25, 0.3) is 5.91 Å². The number of hydrogen-bond donors (Lipinski definition) is 0. The SMILES string of the molecule is Cc1cc(C)c2c(c1)N(C(=O)c1ccccc1)Cc1ccccc1-2. The van der Waals surface area contributed by atoms with Crippen molar-refractivity contribution in [3.05, 3.63) is 89.0 Å². The fourth-order valence-electron chi connectivity index (χ4n) is 3.58. The summed E-state index contributed by atoms with van der Waals surface area (Å²) in [6, 6.07) is 22.2. The number of benzene rings is 3. The molecule has 0 saturated carbocycles. The lowest BCUT2D eigenvalue weighted by molar-refractivity contribution is 0.0985. The van der Waals surface area contributed by atoms with Crippen molar-refractivity contribution in [2.24, 2.45) is 0 Å². The summed E-state index contributed by atoms with van der Waals surface area (Å²) in [5.41, 5.74) is 7.73. The summed E-state index contributed by atoms with van der Waals surface area (Å²) in [7, 11) is 0. The van der Waals surface area contributed by atoms with E-state index < -0.39 is 0 Å². The fraction of sp³-hybridized carbons (Fsp3) is 0.136. The number of nitrogens with zero attached hydrogens (tertiary/aromatic N) is 1.